The highest BCUT2D eigenvalue weighted by Crippen LogP contribution is 2.18. The molecule has 0 aliphatic carbocycles. The van der Waals surface area contributed by atoms with Gasteiger partial charge in [0.15, 0.2) is 0 Å². The molecule has 1 unspecified atom stereocenters. The smallest absolute Gasteiger partial charge is 0.233 e. The van der Waals surface area contributed by atoms with Crippen molar-refractivity contribution in [2.45, 2.75) is 6.92 Å². The van der Waals surface area contributed by atoms with Crippen LogP contribution in [0.15, 0.2) is 24.3 Å². The Morgan fingerprint density at radius 2 is 1.70 bits per heavy atom. The molecule has 0 aliphatic rings. The van der Waals surface area contributed by atoms with Crippen molar-refractivity contribution in [2.24, 2.45) is 5.92 Å². The highest BCUT2D eigenvalue weighted by atomic mass is 35.5. The topological polar surface area (TPSA) is 92.3 Å². The second-order valence-electron chi connectivity index (χ2n) is 4.60. The Kier molecular flexibility index (Phi) is 5.67. The van der Waals surface area contributed by atoms with E-state index in [0.29, 0.717) is 5.69 Å². The lowest BCUT2D eigenvalue weighted by Gasteiger charge is -2.12. The predicted octanol–water partition coefficient (Wildman–Crippen LogP) is 1.67. The van der Waals surface area contributed by atoms with E-state index in [-0.39, 0.29) is 23.2 Å². The van der Waals surface area contributed by atoms with Gasteiger partial charge in [-0.25, -0.2) is 16.8 Å². The first kappa shape index (κ1) is 17.1. The number of rotatable bonds is 7. The molecular formula is C11H17ClN2O4S2. The number of hydrogen-bond acceptors (Lipinski definition) is 4. The maximum atomic E-state index is 11.9. The molecule has 1 atom stereocenters. The summed E-state index contributed by atoms with van der Waals surface area (Å²) in [6.45, 7) is 1.73. The Bertz CT molecular complexity index is 659. The van der Waals surface area contributed by atoms with Gasteiger partial charge in [0.2, 0.25) is 20.0 Å². The third-order valence-corrected chi connectivity index (χ3v) is 4.89. The van der Waals surface area contributed by atoms with E-state index < -0.39 is 20.0 Å². The molecule has 0 spiro atoms. The number of sulfonamides is 2. The van der Waals surface area contributed by atoms with Gasteiger partial charge in [0.1, 0.15) is 0 Å². The molecule has 0 amide bonds. The summed E-state index contributed by atoms with van der Waals surface area (Å²) in [5.74, 6) is -0.0249. The second-order valence-corrected chi connectivity index (χ2v) is 8.42. The Morgan fingerprint density at radius 1 is 1.15 bits per heavy atom. The Labute approximate surface area is 124 Å². The van der Waals surface area contributed by atoms with Crippen LogP contribution in [0.1, 0.15) is 6.92 Å². The molecule has 0 bridgehead atoms. The molecule has 114 valence electrons. The number of alkyl halides is 1. The molecule has 0 radical (unpaired) electrons. The van der Waals surface area contributed by atoms with Crippen LogP contribution in [-0.4, -0.2) is 34.7 Å². The van der Waals surface area contributed by atoms with Gasteiger partial charge in [-0.05, 0) is 24.1 Å². The van der Waals surface area contributed by atoms with E-state index in [4.69, 9.17) is 11.6 Å². The van der Waals surface area contributed by atoms with E-state index >= 15 is 0 Å². The monoisotopic (exact) mass is 340 g/mol. The van der Waals surface area contributed by atoms with E-state index in [2.05, 4.69) is 9.44 Å². The van der Waals surface area contributed by atoms with Crippen LogP contribution in [0.5, 0.6) is 0 Å². The molecule has 1 rings (SSSR count). The van der Waals surface area contributed by atoms with Crippen molar-refractivity contribution < 1.29 is 16.8 Å². The third-order valence-electron chi connectivity index (χ3n) is 2.21. The largest absolute Gasteiger partial charge is 0.284 e. The molecule has 1 aromatic rings. The van der Waals surface area contributed by atoms with Gasteiger partial charge in [-0.1, -0.05) is 13.0 Å². The molecule has 9 heteroatoms. The van der Waals surface area contributed by atoms with Crippen LogP contribution in [0, 0.1) is 5.92 Å². The summed E-state index contributed by atoms with van der Waals surface area (Å²) in [6.07, 6.45) is 1.02. The first-order valence-corrected chi connectivity index (χ1v) is 9.83. The van der Waals surface area contributed by atoms with Crippen LogP contribution in [0.25, 0.3) is 0 Å². The van der Waals surface area contributed by atoms with Crippen molar-refractivity contribution in [1.29, 1.82) is 0 Å². The molecule has 20 heavy (non-hydrogen) atoms. The maximum absolute atomic E-state index is 11.9. The maximum Gasteiger partial charge on any atom is 0.233 e. The van der Waals surface area contributed by atoms with E-state index in [0.717, 1.165) is 6.26 Å². The summed E-state index contributed by atoms with van der Waals surface area (Å²) in [4.78, 5) is 0. The number of halogens is 1. The number of hydrogen-bond donors (Lipinski definition) is 2. The van der Waals surface area contributed by atoms with Gasteiger partial charge in [-0.2, -0.15) is 0 Å². The van der Waals surface area contributed by atoms with Crippen molar-refractivity contribution in [3.05, 3.63) is 24.3 Å². The molecule has 6 nitrogen and oxygen atoms in total. The molecule has 0 fully saturated rings. The van der Waals surface area contributed by atoms with Crippen LogP contribution in [0.3, 0.4) is 0 Å². The lowest BCUT2D eigenvalue weighted by molar-refractivity contribution is 0.588. The van der Waals surface area contributed by atoms with Crippen LogP contribution in [0.4, 0.5) is 11.4 Å². The number of nitrogens with one attached hydrogen (secondary N) is 2. The highest BCUT2D eigenvalue weighted by molar-refractivity contribution is 7.92. The van der Waals surface area contributed by atoms with Gasteiger partial charge >= 0.3 is 0 Å². The standard InChI is InChI=1S/C11H17ClN2O4S2/c1-9(7-12)8-20(17,18)14-11-5-3-4-10(6-11)13-19(2,15)16/h3-6,9,13-14H,7-8H2,1-2H3. The van der Waals surface area contributed by atoms with Crippen molar-refractivity contribution >= 4 is 43.0 Å². The van der Waals surface area contributed by atoms with Gasteiger partial charge in [0.05, 0.1) is 23.4 Å². The molecule has 1 aromatic carbocycles. The average molecular weight is 341 g/mol. The quantitative estimate of drug-likeness (QED) is 0.738. The fourth-order valence-electron chi connectivity index (χ4n) is 1.50. The van der Waals surface area contributed by atoms with Gasteiger partial charge in [-0.15, -0.1) is 11.6 Å². The molecule has 0 heterocycles. The summed E-state index contributed by atoms with van der Waals surface area (Å²) in [5.41, 5.74) is 0.582. The molecule has 0 aliphatic heterocycles. The van der Waals surface area contributed by atoms with Crippen LogP contribution < -0.4 is 9.44 Å². The van der Waals surface area contributed by atoms with Gasteiger partial charge < -0.3 is 0 Å². The summed E-state index contributed by atoms with van der Waals surface area (Å²) in [7, 11) is -6.92. The lowest BCUT2D eigenvalue weighted by atomic mass is 10.3. The molecule has 0 aromatic heterocycles. The Balaban J connectivity index is 2.86. The number of benzene rings is 1. The zero-order valence-electron chi connectivity index (χ0n) is 11.1. The molecule has 0 saturated carbocycles. The SMILES string of the molecule is CC(CCl)CS(=O)(=O)Nc1cccc(NS(C)(=O)=O)c1. The van der Waals surface area contributed by atoms with Gasteiger partial charge in [0.25, 0.3) is 0 Å². The predicted molar refractivity (Wildman–Crippen MR) is 82.2 cm³/mol. The minimum atomic E-state index is -3.52. The summed E-state index contributed by atoms with van der Waals surface area (Å²) < 4.78 is 50.6. The lowest BCUT2D eigenvalue weighted by Crippen LogP contribution is -2.22. The first-order valence-electron chi connectivity index (χ1n) is 5.75. The second kappa shape index (κ2) is 6.64. The van der Waals surface area contributed by atoms with Crippen LogP contribution in [-0.2, 0) is 20.0 Å². The van der Waals surface area contributed by atoms with Crippen LogP contribution >= 0.6 is 11.6 Å². The van der Waals surface area contributed by atoms with E-state index in [1.807, 2.05) is 0 Å². The average Bonchev–Trinajstić information content (AvgIpc) is 2.25. The normalized spacial score (nSPS) is 13.8. The van der Waals surface area contributed by atoms with Gasteiger partial charge in [-0.3, -0.25) is 9.44 Å². The summed E-state index contributed by atoms with van der Waals surface area (Å²) in [6, 6.07) is 6.02. The van der Waals surface area contributed by atoms with E-state index in [1.54, 1.807) is 13.0 Å². The van der Waals surface area contributed by atoms with E-state index in [9.17, 15) is 16.8 Å². The summed E-state index contributed by atoms with van der Waals surface area (Å²) >= 11 is 5.59. The highest BCUT2D eigenvalue weighted by Gasteiger charge is 2.15. The zero-order valence-corrected chi connectivity index (χ0v) is 13.5. The van der Waals surface area contributed by atoms with Crippen molar-refractivity contribution in [3.8, 4) is 0 Å². The minimum absolute atomic E-state index is 0.0970. The first-order chi connectivity index (χ1) is 9.11. The minimum Gasteiger partial charge on any atom is -0.284 e. The van der Waals surface area contributed by atoms with Gasteiger partial charge in [0, 0.05) is 5.88 Å². The van der Waals surface area contributed by atoms with Crippen molar-refractivity contribution in [3.63, 3.8) is 0 Å². The summed E-state index contributed by atoms with van der Waals surface area (Å²) in [5, 5.41) is 0. The van der Waals surface area contributed by atoms with E-state index in [1.165, 1.54) is 18.2 Å². The Hall–Kier alpha value is -0.990. The molecular weight excluding hydrogens is 324 g/mol. The molecule has 0 saturated heterocycles. The Morgan fingerprint density at radius 3 is 2.20 bits per heavy atom. The fourth-order valence-corrected chi connectivity index (χ4v) is 3.73. The van der Waals surface area contributed by atoms with Crippen molar-refractivity contribution in [2.75, 3.05) is 27.3 Å². The zero-order chi connectivity index (χ0) is 15.4. The molecule has 2 N–H and O–H groups in total. The third kappa shape index (κ3) is 6.44. The van der Waals surface area contributed by atoms with Crippen molar-refractivity contribution in [1.82, 2.24) is 0 Å². The van der Waals surface area contributed by atoms with Crippen LogP contribution in [0.2, 0.25) is 0 Å². The number of anilines is 2. The fraction of sp³-hybridized carbons (Fsp3) is 0.455.